The first-order valence-electron chi connectivity index (χ1n) is 5.96. The maximum absolute atomic E-state index is 11.9. The number of nitrogens with one attached hydrogen (secondary N) is 1. The maximum Gasteiger partial charge on any atom is 0.272 e. The van der Waals surface area contributed by atoms with Crippen LogP contribution in [0.15, 0.2) is 52.0 Å². The van der Waals surface area contributed by atoms with Crippen LogP contribution in [0.25, 0.3) is 0 Å². The fourth-order valence-corrected chi connectivity index (χ4v) is 2.12. The zero-order chi connectivity index (χ0) is 14.5. The van der Waals surface area contributed by atoms with E-state index < -0.39 is 0 Å². The number of benzene rings is 2. The summed E-state index contributed by atoms with van der Waals surface area (Å²) in [5.74, 6) is -0.160. The second-order valence-corrected chi connectivity index (χ2v) is 5.05. The summed E-state index contributed by atoms with van der Waals surface area (Å²) < 4.78 is 0.700. The molecule has 0 spiro atoms. The van der Waals surface area contributed by atoms with Crippen LogP contribution in [0.2, 0.25) is 0 Å². The van der Waals surface area contributed by atoms with Crippen molar-refractivity contribution in [1.29, 1.82) is 0 Å². The third kappa shape index (κ3) is 3.24. The predicted octanol–water partition coefficient (Wildman–Crippen LogP) is 3.23. The van der Waals surface area contributed by atoms with Gasteiger partial charge in [0.05, 0.1) is 11.8 Å². The number of rotatable bonds is 3. The van der Waals surface area contributed by atoms with E-state index in [2.05, 4.69) is 26.5 Å². The Morgan fingerprint density at radius 3 is 2.75 bits per heavy atom. The lowest BCUT2D eigenvalue weighted by Crippen LogP contribution is -2.18. The zero-order valence-electron chi connectivity index (χ0n) is 10.8. The Balaban J connectivity index is 2.09. The molecule has 1 amide bonds. The molecule has 0 heterocycles. The molecule has 4 nitrogen and oxygen atoms in total. The third-order valence-electron chi connectivity index (χ3n) is 2.76. The van der Waals surface area contributed by atoms with Crippen molar-refractivity contribution in [2.75, 3.05) is 0 Å². The summed E-state index contributed by atoms with van der Waals surface area (Å²) in [6, 6.07) is 12.4. The van der Waals surface area contributed by atoms with Crippen molar-refractivity contribution in [2.45, 2.75) is 6.92 Å². The van der Waals surface area contributed by atoms with E-state index in [1.165, 1.54) is 6.21 Å². The van der Waals surface area contributed by atoms with Gasteiger partial charge in [-0.15, -0.1) is 0 Å². The number of amides is 1. The Morgan fingerprint density at radius 1 is 1.25 bits per heavy atom. The smallest absolute Gasteiger partial charge is 0.272 e. The molecule has 2 aromatic rings. The number of carbonyl (C=O) groups excluding carboxylic acids is 1. The fourth-order valence-electron chi connectivity index (χ4n) is 1.65. The van der Waals surface area contributed by atoms with Gasteiger partial charge < -0.3 is 5.11 Å². The largest absolute Gasteiger partial charge is 0.507 e. The second-order valence-electron chi connectivity index (χ2n) is 4.19. The molecule has 2 rings (SSSR count). The number of phenolic OH excluding ortho intramolecular Hbond substituents is 1. The molecule has 0 unspecified atom stereocenters. The molecule has 0 atom stereocenters. The van der Waals surface area contributed by atoms with E-state index in [0.717, 1.165) is 5.56 Å². The molecule has 2 aromatic carbocycles. The monoisotopic (exact) mass is 332 g/mol. The van der Waals surface area contributed by atoms with Crippen LogP contribution in [-0.4, -0.2) is 17.2 Å². The van der Waals surface area contributed by atoms with E-state index in [9.17, 15) is 9.90 Å². The number of para-hydroxylation sites is 1. The highest BCUT2D eigenvalue weighted by Crippen LogP contribution is 2.19. The van der Waals surface area contributed by atoms with Gasteiger partial charge in [-0.2, -0.15) is 5.10 Å². The van der Waals surface area contributed by atoms with Gasteiger partial charge in [0.15, 0.2) is 0 Å². The standard InChI is InChI=1S/C15H13BrN2O2/c1-10-5-4-6-11(14(10)19)9-17-18-15(20)12-7-2-3-8-13(12)16/h2-9,19H,1H3,(H,18,20)/b17-9-. The van der Waals surface area contributed by atoms with E-state index in [-0.39, 0.29) is 11.7 Å². The summed E-state index contributed by atoms with van der Waals surface area (Å²) >= 11 is 3.30. The molecule has 5 heteroatoms. The molecule has 102 valence electrons. The lowest BCUT2D eigenvalue weighted by Gasteiger charge is -2.03. The molecule has 0 aliphatic carbocycles. The van der Waals surface area contributed by atoms with Gasteiger partial charge in [0, 0.05) is 10.0 Å². The van der Waals surface area contributed by atoms with Crippen LogP contribution < -0.4 is 5.43 Å². The van der Waals surface area contributed by atoms with E-state index in [4.69, 9.17) is 0 Å². The molecule has 0 radical (unpaired) electrons. The minimum Gasteiger partial charge on any atom is -0.507 e. The Morgan fingerprint density at radius 2 is 2.00 bits per heavy atom. The van der Waals surface area contributed by atoms with Gasteiger partial charge in [0.1, 0.15) is 5.75 Å². The van der Waals surface area contributed by atoms with E-state index in [1.807, 2.05) is 12.1 Å². The number of halogens is 1. The van der Waals surface area contributed by atoms with Crippen LogP contribution >= 0.6 is 15.9 Å². The Labute approximate surface area is 125 Å². The number of aryl methyl sites for hydroxylation is 1. The Kier molecular flexibility index (Phi) is 4.53. The van der Waals surface area contributed by atoms with E-state index in [0.29, 0.717) is 15.6 Å². The number of hydrazone groups is 1. The highest BCUT2D eigenvalue weighted by atomic mass is 79.9. The average Bonchev–Trinajstić information content (AvgIpc) is 2.44. The van der Waals surface area contributed by atoms with Crippen LogP contribution in [0.1, 0.15) is 21.5 Å². The van der Waals surface area contributed by atoms with Gasteiger partial charge in [-0.3, -0.25) is 4.79 Å². The van der Waals surface area contributed by atoms with Gasteiger partial charge in [0.2, 0.25) is 0 Å². The summed E-state index contributed by atoms with van der Waals surface area (Å²) in [6.07, 6.45) is 1.41. The molecule has 0 aliphatic heterocycles. The number of hydrogen-bond donors (Lipinski definition) is 2. The van der Waals surface area contributed by atoms with Crippen LogP contribution in [0.5, 0.6) is 5.75 Å². The molecule has 0 saturated carbocycles. The summed E-state index contributed by atoms with van der Waals surface area (Å²) in [4.78, 5) is 11.9. The van der Waals surface area contributed by atoms with Crippen molar-refractivity contribution in [1.82, 2.24) is 5.43 Å². The fraction of sp³-hybridized carbons (Fsp3) is 0.0667. The zero-order valence-corrected chi connectivity index (χ0v) is 12.4. The van der Waals surface area contributed by atoms with E-state index in [1.54, 1.807) is 37.3 Å². The molecule has 2 N–H and O–H groups in total. The SMILES string of the molecule is Cc1cccc(/C=N\NC(=O)c2ccccc2Br)c1O. The third-order valence-corrected chi connectivity index (χ3v) is 3.45. The number of aromatic hydroxyl groups is 1. The molecule has 0 bridgehead atoms. The van der Waals surface area contributed by atoms with Crippen molar-refractivity contribution in [3.63, 3.8) is 0 Å². The molecular weight excluding hydrogens is 320 g/mol. The minimum absolute atomic E-state index is 0.159. The number of carbonyl (C=O) groups is 1. The number of phenols is 1. The van der Waals surface area contributed by atoms with Crippen molar-refractivity contribution in [3.8, 4) is 5.75 Å². The molecule has 0 saturated heterocycles. The Bertz CT molecular complexity index is 669. The summed E-state index contributed by atoms with van der Waals surface area (Å²) in [5, 5.41) is 13.7. The first kappa shape index (κ1) is 14.3. The minimum atomic E-state index is -0.319. The van der Waals surface area contributed by atoms with Crippen molar-refractivity contribution in [3.05, 3.63) is 63.6 Å². The highest BCUT2D eigenvalue weighted by Gasteiger charge is 2.07. The number of nitrogens with zero attached hydrogens (tertiary/aromatic N) is 1. The van der Waals surface area contributed by atoms with E-state index >= 15 is 0 Å². The van der Waals surface area contributed by atoms with Gasteiger partial charge in [-0.05, 0) is 46.6 Å². The molecule has 0 aromatic heterocycles. The van der Waals surface area contributed by atoms with Crippen molar-refractivity contribution in [2.24, 2.45) is 5.10 Å². The lowest BCUT2D eigenvalue weighted by molar-refractivity contribution is 0.0954. The normalized spacial score (nSPS) is 10.7. The average molecular weight is 333 g/mol. The second kappa shape index (κ2) is 6.34. The summed E-state index contributed by atoms with van der Waals surface area (Å²) in [6.45, 7) is 1.80. The van der Waals surface area contributed by atoms with Gasteiger partial charge in [-0.1, -0.05) is 24.3 Å². The van der Waals surface area contributed by atoms with Gasteiger partial charge >= 0.3 is 0 Å². The molecular formula is C15H13BrN2O2. The lowest BCUT2D eigenvalue weighted by atomic mass is 10.1. The molecule has 0 fully saturated rings. The topological polar surface area (TPSA) is 61.7 Å². The molecule has 0 aliphatic rings. The van der Waals surface area contributed by atoms with Crippen LogP contribution in [0.3, 0.4) is 0 Å². The van der Waals surface area contributed by atoms with Crippen LogP contribution in [0.4, 0.5) is 0 Å². The maximum atomic E-state index is 11.9. The predicted molar refractivity (Wildman–Crippen MR) is 82.0 cm³/mol. The molecule has 20 heavy (non-hydrogen) atoms. The highest BCUT2D eigenvalue weighted by molar-refractivity contribution is 9.10. The summed E-state index contributed by atoms with van der Waals surface area (Å²) in [7, 11) is 0. The summed E-state index contributed by atoms with van der Waals surface area (Å²) in [5.41, 5.74) is 4.23. The number of hydrogen-bond acceptors (Lipinski definition) is 3. The van der Waals surface area contributed by atoms with Gasteiger partial charge in [0.25, 0.3) is 5.91 Å². The van der Waals surface area contributed by atoms with Gasteiger partial charge in [-0.25, -0.2) is 5.43 Å². The first-order chi connectivity index (χ1) is 9.59. The van der Waals surface area contributed by atoms with Crippen LogP contribution in [-0.2, 0) is 0 Å². The first-order valence-corrected chi connectivity index (χ1v) is 6.75. The van der Waals surface area contributed by atoms with Crippen molar-refractivity contribution >= 4 is 28.1 Å². The Hall–Kier alpha value is -2.14. The van der Waals surface area contributed by atoms with Crippen LogP contribution in [0, 0.1) is 6.92 Å². The quantitative estimate of drug-likeness (QED) is 0.669. The van der Waals surface area contributed by atoms with Crippen molar-refractivity contribution < 1.29 is 9.90 Å².